The van der Waals surface area contributed by atoms with Gasteiger partial charge in [-0.25, -0.2) is 14.4 Å². The third-order valence-corrected chi connectivity index (χ3v) is 4.14. The molecular weight excluding hydrogens is 359 g/mol. The minimum Gasteiger partial charge on any atom is -0.497 e. The molecule has 0 radical (unpaired) electrons. The van der Waals surface area contributed by atoms with E-state index in [9.17, 15) is 9.18 Å². The van der Waals surface area contributed by atoms with Gasteiger partial charge in [-0.3, -0.25) is 4.79 Å². The highest BCUT2D eigenvalue weighted by Crippen LogP contribution is 2.13. The summed E-state index contributed by atoms with van der Waals surface area (Å²) in [5, 5.41) is 5.80. The predicted octanol–water partition coefficient (Wildman–Crippen LogP) is 3.21. The highest BCUT2D eigenvalue weighted by atomic mass is 19.1. The zero-order chi connectivity index (χ0) is 19.8. The molecule has 3 rings (SSSR count). The lowest BCUT2D eigenvalue weighted by Gasteiger charge is -2.08. The molecule has 28 heavy (non-hydrogen) atoms. The SMILES string of the molecule is COc1cccc(CCNc2cnc(C(=O)NCc3ccccc3F)cn2)c1. The summed E-state index contributed by atoms with van der Waals surface area (Å²) in [6, 6.07) is 14.2. The molecule has 6 nitrogen and oxygen atoms in total. The second kappa shape index (κ2) is 9.45. The molecule has 0 spiro atoms. The fraction of sp³-hybridized carbons (Fsp3) is 0.190. The Hall–Kier alpha value is -3.48. The molecule has 0 saturated heterocycles. The summed E-state index contributed by atoms with van der Waals surface area (Å²) in [6.07, 6.45) is 3.69. The number of nitrogens with one attached hydrogen (secondary N) is 2. The minimum atomic E-state index is -0.404. The van der Waals surface area contributed by atoms with Crippen LogP contribution in [0.5, 0.6) is 5.75 Å². The zero-order valence-corrected chi connectivity index (χ0v) is 15.5. The minimum absolute atomic E-state index is 0.0910. The lowest BCUT2D eigenvalue weighted by molar-refractivity contribution is 0.0945. The lowest BCUT2D eigenvalue weighted by atomic mass is 10.1. The van der Waals surface area contributed by atoms with Gasteiger partial charge in [-0.1, -0.05) is 30.3 Å². The molecule has 7 heteroatoms. The highest BCUT2D eigenvalue weighted by molar-refractivity contribution is 5.91. The van der Waals surface area contributed by atoms with Crippen molar-refractivity contribution in [1.29, 1.82) is 0 Å². The van der Waals surface area contributed by atoms with Crippen molar-refractivity contribution in [1.82, 2.24) is 15.3 Å². The van der Waals surface area contributed by atoms with E-state index in [4.69, 9.17) is 4.74 Å². The van der Waals surface area contributed by atoms with Gasteiger partial charge in [0, 0.05) is 18.7 Å². The van der Waals surface area contributed by atoms with Gasteiger partial charge < -0.3 is 15.4 Å². The number of hydrogen-bond donors (Lipinski definition) is 2. The number of nitrogens with zero attached hydrogens (tertiary/aromatic N) is 2. The fourth-order valence-corrected chi connectivity index (χ4v) is 2.61. The van der Waals surface area contributed by atoms with E-state index in [-0.39, 0.29) is 18.1 Å². The van der Waals surface area contributed by atoms with Crippen molar-refractivity contribution in [2.24, 2.45) is 0 Å². The summed E-state index contributed by atoms with van der Waals surface area (Å²) in [5.74, 6) is 0.639. The number of amides is 1. The normalized spacial score (nSPS) is 10.4. The van der Waals surface area contributed by atoms with Crippen LogP contribution < -0.4 is 15.4 Å². The van der Waals surface area contributed by atoms with Gasteiger partial charge in [-0.15, -0.1) is 0 Å². The van der Waals surface area contributed by atoms with Crippen LogP contribution in [0.1, 0.15) is 21.6 Å². The van der Waals surface area contributed by atoms with Crippen molar-refractivity contribution >= 4 is 11.7 Å². The van der Waals surface area contributed by atoms with Crippen molar-refractivity contribution in [2.45, 2.75) is 13.0 Å². The molecule has 3 aromatic rings. The summed E-state index contributed by atoms with van der Waals surface area (Å²) in [5.41, 5.74) is 1.73. The summed E-state index contributed by atoms with van der Waals surface area (Å²) >= 11 is 0. The molecule has 2 N–H and O–H groups in total. The first-order chi connectivity index (χ1) is 13.7. The number of halogens is 1. The molecule has 0 aliphatic rings. The third kappa shape index (κ3) is 5.26. The molecule has 0 aliphatic heterocycles. The van der Waals surface area contributed by atoms with Crippen LogP contribution in [0.15, 0.2) is 60.9 Å². The van der Waals surface area contributed by atoms with Gasteiger partial charge in [-0.2, -0.15) is 0 Å². The Bertz CT molecular complexity index is 932. The Morgan fingerprint density at radius 1 is 1.11 bits per heavy atom. The van der Waals surface area contributed by atoms with Crippen molar-refractivity contribution in [2.75, 3.05) is 19.0 Å². The number of ether oxygens (including phenoxy) is 1. The number of carbonyl (C=O) groups excluding carboxylic acids is 1. The quantitative estimate of drug-likeness (QED) is 0.628. The Balaban J connectivity index is 1.48. The number of anilines is 1. The van der Waals surface area contributed by atoms with Gasteiger partial charge in [0.2, 0.25) is 0 Å². The Kier molecular flexibility index (Phi) is 6.51. The first kappa shape index (κ1) is 19.3. The van der Waals surface area contributed by atoms with Crippen LogP contribution in [0.4, 0.5) is 10.2 Å². The van der Waals surface area contributed by atoms with Crippen LogP contribution in [-0.4, -0.2) is 29.5 Å². The van der Waals surface area contributed by atoms with Crippen molar-refractivity contribution in [3.63, 3.8) is 0 Å². The average Bonchev–Trinajstić information content (AvgIpc) is 2.73. The van der Waals surface area contributed by atoms with E-state index in [1.165, 1.54) is 18.5 Å². The molecule has 1 heterocycles. The standard InChI is InChI=1S/C21H21FN4O2/c1-28-17-7-4-5-15(11-17)9-10-23-20-14-24-19(13-25-20)21(27)26-12-16-6-2-3-8-18(16)22/h2-8,11,13-14H,9-10,12H2,1H3,(H,23,25)(H,26,27). The van der Waals surface area contributed by atoms with Crippen LogP contribution in [0.25, 0.3) is 0 Å². The number of methoxy groups -OCH3 is 1. The molecule has 2 aromatic carbocycles. The molecule has 144 valence electrons. The van der Waals surface area contributed by atoms with E-state index >= 15 is 0 Å². The van der Waals surface area contributed by atoms with Gasteiger partial charge in [0.25, 0.3) is 5.91 Å². The smallest absolute Gasteiger partial charge is 0.271 e. The van der Waals surface area contributed by atoms with E-state index < -0.39 is 5.91 Å². The summed E-state index contributed by atoms with van der Waals surface area (Å²) in [6.45, 7) is 0.758. The lowest BCUT2D eigenvalue weighted by Crippen LogP contribution is -2.24. The second-order valence-corrected chi connectivity index (χ2v) is 6.09. The van der Waals surface area contributed by atoms with Crippen LogP contribution in [0.3, 0.4) is 0 Å². The number of carbonyl (C=O) groups is 1. The Labute approximate surface area is 162 Å². The summed E-state index contributed by atoms with van der Waals surface area (Å²) < 4.78 is 18.8. The summed E-state index contributed by atoms with van der Waals surface area (Å²) in [4.78, 5) is 20.5. The van der Waals surface area contributed by atoms with Crippen LogP contribution in [0.2, 0.25) is 0 Å². The van der Waals surface area contributed by atoms with E-state index in [0.717, 1.165) is 17.7 Å². The largest absolute Gasteiger partial charge is 0.497 e. The highest BCUT2D eigenvalue weighted by Gasteiger charge is 2.09. The molecule has 0 bridgehead atoms. The molecule has 0 fully saturated rings. The molecule has 0 aliphatic carbocycles. The number of hydrogen-bond acceptors (Lipinski definition) is 5. The van der Waals surface area contributed by atoms with Crippen LogP contribution in [-0.2, 0) is 13.0 Å². The number of rotatable bonds is 8. The maximum absolute atomic E-state index is 13.6. The van der Waals surface area contributed by atoms with Gasteiger partial charge in [0.15, 0.2) is 0 Å². The third-order valence-electron chi connectivity index (χ3n) is 4.14. The number of benzene rings is 2. The van der Waals surface area contributed by atoms with Crippen molar-refractivity contribution < 1.29 is 13.9 Å². The van der Waals surface area contributed by atoms with Crippen LogP contribution in [0, 0.1) is 5.82 Å². The first-order valence-electron chi connectivity index (χ1n) is 8.86. The average molecular weight is 380 g/mol. The molecule has 1 aromatic heterocycles. The van der Waals surface area contributed by atoms with Gasteiger partial charge in [0.05, 0.1) is 19.5 Å². The molecule has 0 saturated carbocycles. The van der Waals surface area contributed by atoms with Gasteiger partial charge >= 0.3 is 0 Å². The monoisotopic (exact) mass is 380 g/mol. The maximum Gasteiger partial charge on any atom is 0.271 e. The second-order valence-electron chi connectivity index (χ2n) is 6.09. The Morgan fingerprint density at radius 3 is 2.71 bits per heavy atom. The first-order valence-corrected chi connectivity index (χ1v) is 8.86. The molecule has 0 unspecified atom stereocenters. The number of aromatic nitrogens is 2. The fourth-order valence-electron chi connectivity index (χ4n) is 2.61. The zero-order valence-electron chi connectivity index (χ0n) is 15.5. The molecule has 1 amide bonds. The van der Waals surface area contributed by atoms with Gasteiger partial charge in [0.1, 0.15) is 23.1 Å². The predicted molar refractivity (Wildman–Crippen MR) is 105 cm³/mol. The van der Waals surface area contributed by atoms with Crippen molar-refractivity contribution in [3.05, 3.63) is 83.6 Å². The summed E-state index contributed by atoms with van der Waals surface area (Å²) in [7, 11) is 1.64. The topological polar surface area (TPSA) is 76.1 Å². The van der Waals surface area contributed by atoms with Crippen LogP contribution >= 0.6 is 0 Å². The van der Waals surface area contributed by atoms with E-state index in [0.29, 0.717) is 17.9 Å². The van der Waals surface area contributed by atoms with E-state index in [2.05, 4.69) is 20.6 Å². The Morgan fingerprint density at radius 2 is 1.96 bits per heavy atom. The van der Waals surface area contributed by atoms with Crippen molar-refractivity contribution in [3.8, 4) is 5.75 Å². The van der Waals surface area contributed by atoms with Gasteiger partial charge in [-0.05, 0) is 30.2 Å². The molecule has 0 atom stereocenters. The molecular formula is C21H21FN4O2. The van der Waals surface area contributed by atoms with E-state index in [1.807, 2.05) is 24.3 Å². The van der Waals surface area contributed by atoms with E-state index in [1.54, 1.807) is 25.3 Å². The maximum atomic E-state index is 13.6.